The highest BCUT2D eigenvalue weighted by Crippen LogP contribution is 2.31. The lowest BCUT2D eigenvalue weighted by molar-refractivity contribution is 0.0956. The van der Waals surface area contributed by atoms with Crippen molar-refractivity contribution in [3.8, 4) is 28.5 Å². The van der Waals surface area contributed by atoms with Crippen LogP contribution in [0.5, 0.6) is 17.2 Å². The van der Waals surface area contributed by atoms with Crippen molar-refractivity contribution in [2.24, 2.45) is 5.10 Å². The Balaban J connectivity index is 1.75. The summed E-state index contributed by atoms with van der Waals surface area (Å²) < 4.78 is 5.45. The number of hydrazone groups is 1. The average Bonchev–Trinajstić information content (AvgIpc) is 2.83. The van der Waals surface area contributed by atoms with Gasteiger partial charge in [0.1, 0.15) is 17.2 Å². The van der Waals surface area contributed by atoms with Gasteiger partial charge >= 0.3 is 0 Å². The molecule has 0 saturated heterocycles. The number of carbonyl (C=O) groups is 1. The van der Waals surface area contributed by atoms with Crippen LogP contribution in [0.3, 0.4) is 0 Å². The molecule has 1 aromatic heterocycles. The molecule has 0 aliphatic heterocycles. The van der Waals surface area contributed by atoms with Crippen LogP contribution in [0.1, 0.15) is 22.8 Å². The molecule has 4 rings (SSSR count). The molecular weight excluding hydrogens is 406 g/mol. The molecule has 0 aliphatic carbocycles. The summed E-state index contributed by atoms with van der Waals surface area (Å²) in [6.45, 7) is 1.62. The van der Waals surface area contributed by atoms with E-state index in [0.717, 1.165) is 5.56 Å². The third-order valence-corrected chi connectivity index (χ3v) is 5.04. The Kier molecular flexibility index (Phi) is 5.72. The number of nitrogens with zero attached hydrogens (tertiary/aromatic N) is 2. The third kappa shape index (κ3) is 4.09. The van der Waals surface area contributed by atoms with Gasteiger partial charge in [-0.1, -0.05) is 30.3 Å². The highest BCUT2D eigenvalue weighted by atomic mass is 16.5. The van der Waals surface area contributed by atoms with Gasteiger partial charge in [0.2, 0.25) is 0 Å². The SMILES string of the molecule is COc1ccccc1-c1cc(C(=O)N/N=C(/C)c2cc(O)ccc2O)c2ccccc2n1. The number of fused-ring (bicyclic) bond motifs is 1. The lowest BCUT2D eigenvalue weighted by Crippen LogP contribution is -2.20. The molecule has 0 spiro atoms. The van der Waals surface area contributed by atoms with Crippen LogP contribution in [0, 0.1) is 0 Å². The number of aromatic hydroxyl groups is 2. The molecule has 1 heterocycles. The Hall–Kier alpha value is -4.39. The topological polar surface area (TPSA) is 104 Å². The first kappa shape index (κ1) is 20.9. The second kappa shape index (κ2) is 8.77. The number of aromatic nitrogens is 1. The van der Waals surface area contributed by atoms with E-state index in [9.17, 15) is 15.0 Å². The normalized spacial score (nSPS) is 11.4. The summed E-state index contributed by atoms with van der Waals surface area (Å²) in [5.41, 5.74) is 5.62. The molecule has 3 aromatic carbocycles. The van der Waals surface area contributed by atoms with Crippen molar-refractivity contribution in [3.05, 3.63) is 83.9 Å². The van der Waals surface area contributed by atoms with Crippen LogP contribution in [0.2, 0.25) is 0 Å². The van der Waals surface area contributed by atoms with Gasteiger partial charge in [0.25, 0.3) is 5.91 Å². The first-order chi connectivity index (χ1) is 15.5. The molecular formula is C25H21N3O4. The summed E-state index contributed by atoms with van der Waals surface area (Å²) >= 11 is 0. The molecule has 4 aromatic rings. The number of pyridine rings is 1. The third-order valence-electron chi connectivity index (χ3n) is 5.04. The van der Waals surface area contributed by atoms with Crippen LogP contribution in [-0.4, -0.2) is 33.9 Å². The van der Waals surface area contributed by atoms with Crippen molar-refractivity contribution in [1.29, 1.82) is 0 Å². The van der Waals surface area contributed by atoms with Crippen LogP contribution < -0.4 is 10.2 Å². The summed E-state index contributed by atoms with van der Waals surface area (Å²) in [5.74, 6) is 0.153. The molecule has 1 amide bonds. The van der Waals surface area contributed by atoms with E-state index in [2.05, 4.69) is 10.5 Å². The molecule has 0 fully saturated rings. The lowest BCUT2D eigenvalue weighted by Gasteiger charge is -2.12. The second-order valence-electron chi connectivity index (χ2n) is 7.11. The Morgan fingerprint density at radius 1 is 0.969 bits per heavy atom. The minimum atomic E-state index is -0.432. The van der Waals surface area contributed by atoms with Gasteiger partial charge in [0.05, 0.1) is 29.6 Å². The number of carbonyl (C=O) groups excluding carboxylic acids is 1. The van der Waals surface area contributed by atoms with E-state index in [0.29, 0.717) is 39.2 Å². The van der Waals surface area contributed by atoms with Gasteiger partial charge < -0.3 is 14.9 Å². The highest BCUT2D eigenvalue weighted by Gasteiger charge is 2.16. The predicted molar refractivity (Wildman–Crippen MR) is 123 cm³/mol. The van der Waals surface area contributed by atoms with Crippen molar-refractivity contribution < 1.29 is 19.7 Å². The maximum Gasteiger partial charge on any atom is 0.272 e. The largest absolute Gasteiger partial charge is 0.508 e. The van der Waals surface area contributed by atoms with Gasteiger partial charge in [0.15, 0.2) is 0 Å². The van der Waals surface area contributed by atoms with Crippen molar-refractivity contribution in [3.63, 3.8) is 0 Å². The zero-order valence-electron chi connectivity index (χ0n) is 17.5. The van der Waals surface area contributed by atoms with Crippen molar-refractivity contribution in [2.75, 3.05) is 7.11 Å². The Labute approximate surface area is 184 Å². The van der Waals surface area contributed by atoms with Crippen molar-refractivity contribution in [2.45, 2.75) is 6.92 Å². The summed E-state index contributed by atoms with van der Waals surface area (Å²) in [7, 11) is 1.59. The lowest BCUT2D eigenvalue weighted by atomic mass is 10.0. The van der Waals surface area contributed by atoms with Crippen LogP contribution >= 0.6 is 0 Å². The highest BCUT2D eigenvalue weighted by molar-refractivity contribution is 6.08. The number of para-hydroxylation sites is 2. The number of methoxy groups -OCH3 is 1. The van der Waals surface area contributed by atoms with E-state index in [1.54, 1.807) is 20.1 Å². The molecule has 160 valence electrons. The summed E-state index contributed by atoms with van der Waals surface area (Å²) in [5, 5.41) is 24.5. The second-order valence-corrected chi connectivity index (χ2v) is 7.11. The number of rotatable bonds is 5. The summed E-state index contributed by atoms with van der Waals surface area (Å²) in [6, 6.07) is 20.6. The van der Waals surface area contributed by atoms with E-state index in [4.69, 9.17) is 9.72 Å². The number of benzene rings is 3. The number of nitrogens with one attached hydrogen (secondary N) is 1. The number of amides is 1. The van der Waals surface area contributed by atoms with Gasteiger partial charge in [-0.25, -0.2) is 10.4 Å². The number of hydrogen-bond acceptors (Lipinski definition) is 6. The van der Waals surface area contributed by atoms with Crippen LogP contribution in [0.15, 0.2) is 77.9 Å². The molecule has 3 N–H and O–H groups in total. The van der Waals surface area contributed by atoms with Gasteiger partial charge in [-0.05, 0) is 49.4 Å². The smallest absolute Gasteiger partial charge is 0.272 e. The Bertz CT molecular complexity index is 1350. The summed E-state index contributed by atoms with van der Waals surface area (Å²) in [4.78, 5) is 17.8. The molecule has 7 nitrogen and oxygen atoms in total. The van der Waals surface area contributed by atoms with E-state index in [1.807, 2.05) is 48.5 Å². The van der Waals surface area contributed by atoms with Crippen LogP contribution in [0.4, 0.5) is 0 Å². The van der Waals surface area contributed by atoms with E-state index < -0.39 is 5.91 Å². The zero-order valence-corrected chi connectivity index (χ0v) is 17.5. The van der Waals surface area contributed by atoms with Gasteiger partial charge in [-0.15, -0.1) is 0 Å². The zero-order chi connectivity index (χ0) is 22.7. The molecule has 0 bridgehead atoms. The minimum Gasteiger partial charge on any atom is -0.508 e. The molecule has 7 heteroatoms. The van der Waals surface area contributed by atoms with E-state index in [1.165, 1.54) is 18.2 Å². The molecule has 0 aliphatic rings. The molecule has 0 unspecified atom stereocenters. The quantitative estimate of drug-likeness (QED) is 0.248. The fraction of sp³-hybridized carbons (Fsp3) is 0.0800. The molecule has 32 heavy (non-hydrogen) atoms. The van der Waals surface area contributed by atoms with Gasteiger partial charge in [-0.3, -0.25) is 4.79 Å². The van der Waals surface area contributed by atoms with E-state index in [-0.39, 0.29) is 11.5 Å². The minimum absolute atomic E-state index is 0.0137. The van der Waals surface area contributed by atoms with Crippen LogP contribution in [-0.2, 0) is 0 Å². The van der Waals surface area contributed by atoms with Gasteiger partial charge in [-0.2, -0.15) is 5.10 Å². The Morgan fingerprint density at radius 2 is 1.72 bits per heavy atom. The number of phenolic OH excluding ortho intramolecular Hbond substituents is 2. The molecule has 0 atom stereocenters. The number of phenols is 2. The maximum absolute atomic E-state index is 13.1. The maximum atomic E-state index is 13.1. The summed E-state index contributed by atoms with van der Waals surface area (Å²) in [6.07, 6.45) is 0. The number of ether oxygens (including phenoxy) is 1. The standard InChI is InChI=1S/C25H21N3O4/c1-15(19-13-16(29)11-12-23(19)30)27-28-25(31)20-14-22(18-8-4-6-10-24(18)32-2)26-21-9-5-3-7-17(20)21/h3-14,29-30H,1-2H3,(H,28,31)/b27-15-. The molecule has 0 radical (unpaired) electrons. The van der Waals surface area contributed by atoms with Gasteiger partial charge in [0, 0.05) is 16.5 Å². The first-order valence-electron chi connectivity index (χ1n) is 9.88. The average molecular weight is 427 g/mol. The fourth-order valence-electron chi connectivity index (χ4n) is 3.43. The molecule has 0 saturated carbocycles. The number of hydrogen-bond donors (Lipinski definition) is 3. The monoisotopic (exact) mass is 427 g/mol. The first-order valence-corrected chi connectivity index (χ1v) is 9.88. The fourth-order valence-corrected chi connectivity index (χ4v) is 3.43. The predicted octanol–water partition coefficient (Wildman–Crippen LogP) is 4.48. The van der Waals surface area contributed by atoms with E-state index >= 15 is 0 Å². The Morgan fingerprint density at radius 3 is 2.53 bits per heavy atom. The van der Waals surface area contributed by atoms with Crippen molar-refractivity contribution in [1.82, 2.24) is 10.4 Å². The van der Waals surface area contributed by atoms with Crippen molar-refractivity contribution >= 4 is 22.5 Å². The van der Waals surface area contributed by atoms with Crippen LogP contribution in [0.25, 0.3) is 22.2 Å².